The molecule has 1 saturated heterocycles. The molecular weight excluding hydrogens is 240 g/mol. The third-order valence-electron chi connectivity index (χ3n) is 3.67. The van der Waals surface area contributed by atoms with E-state index in [1.54, 1.807) is 0 Å². The van der Waals surface area contributed by atoms with Crippen LogP contribution >= 0.6 is 0 Å². The van der Waals surface area contributed by atoms with Crippen LogP contribution in [0, 0.1) is 5.92 Å². The summed E-state index contributed by atoms with van der Waals surface area (Å²) in [7, 11) is 2.03. The van der Waals surface area contributed by atoms with E-state index >= 15 is 0 Å². The smallest absolute Gasteiger partial charge is 0.230 e. The maximum Gasteiger partial charge on any atom is 0.230 e. The monoisotopic (exact) mass is 266 g/mol. The molecule has 0 bridgehead atoms. The molecule has 0 aromatic carbocycles. The van der Waals surface area contributed by atoms with Gasteiger partial charge in [-0.05, 0) is 45.4 Å². The number of hydrogen-bond acceptors (Lipinski definition) is 5. The molecule has 1 aromatic heterocycles. The van der Waals surface area contributed by atoms with Crippen molar-refractivity contribution in [3.05, 3.63) is 11.8 Å². The quantitative estimate of drug-likeness (QED) is 0.900. The molecule has 108 valence electrons. The van der Waals surface area contributed by atoms with Gasteiger partial charge in [0.1, 0.15) is 0 Å². The van der Waals surface area contributed by atoms with Crippen molar-refractivity contribution in [2.75, 3.05) is 26.7 Å². The highest BCUT2D eigenvalue weighted by molar-refractivity contribution is 4.96. The molecule has 0 atom stereocenters. The van der Waals surface area contributed by atoms with Crippen LogP contribution in [0.15, 0.2) is 4.42 Å². The van der Waals surface area contributed by atoms with Gasteiger partial charge in [-0.3, -0.25) is 4.90 Å². The van der Waals surface area contributed by atoms with Crippen LogP contribution in [-0.4, -0.2) is 41.8 Å². The van der Waals surface area contributed by atoms with E-state index in [1.807, 2.05) is 7.05 Å². The standard InChI is InChI=1S/C14H26N4O/c1-14(2,3)13-17-16-12(19-13)10-18-7-5-11(6-8-18)9-15-4/h11,15H,5-10H2,1-4H3. The van der Waals surface area contributed by atoms with Gasteiger partial charge in [0.2, 0.25) is 11.8 Å². The Bertz CT molecular complexity index is 388. The van der Waals surface area contributed by atoms with Gasteiger partial charge in [0.25, 0.3) is 0 Å². The average Bonchev–Trinajstić information content (AvgIpc) is 2.80. The minimum absolute atomic E-state index is 0.0644. The highest BCUT2D eigenvalue weighted by atomic mass is 16.4. The Morgan fingerprint density at radius 1 is 1.26 bits per heavy atom. The predicted octanol–water partition coefficient (Wildman–Crippen LogP) is 1.80. The fourth-order valence-electron chi connectivity index (χ4n) is 2.45. The average molecular weight is 266 g/mol. The zero-order valence-corrected chi connectivity index (χ0v) is 12.6. The lowest BCUT2D eigenvalue weighted by Crippen LogP contribution is -2.36. The lowest BCUT2D eigenvalue weighted by molar-refractivity contribution is 0.161. The molecular formula is C14H26N4O. The molecule has 0 aliphatic carbocycles. The predicted molar refractivity (Wildman–Crippen MR) is 74.9 cm³/mol. The van der Waals surface area contributed by atoms with E-state index in [-0.39, 0.29) is 5.41 Å². The van der Waals surface area contributed by atoms with E-state index in [2.05, 4.69) is 41.2 Å². The van der Waals surface area contributed by atoms with Crippen molar-refractivity contribution in [2.45, 2.75) is 45.6 Å². The maximum atomic E-state index is 5.75. The highest BCUT2D eigenvalue weighted by Crippen LogP contribution is 2.22. The third-order valence-corrected chi connectivity index (χ3v) is 3.67. The molecule has 19 heavy (non-hydrogen) atoms. The molecule has 2 heterocycles. The normalized spacial score (nSPS) is 18.9. The summed E-state index contributed by atoms with van der Waals surface area (Å²) in [6, 6.07) is 0. The SMILES string of the molecule is CNCC1CCN(Cc2nnc(C(C)(C)C)o2)CC1. The van der Waals surface area contributed by atoms with Gasteiger partial charge in [-0.15, -0.1) is 10.2 Å². The Morgan fingerprint density at radius 2 is 1.95 bits per heavy atom. The molecule has 2 rings (SSSR count). The van der Waals surface area contributed by atoms with Crippen LogP contribution in [0.3, 0.4) is 0 Å². The number of rotatable bonds is 4. The molecule has 1 aliphatic heterocycles. The van der Waals surface area contributed by atoms with Crippen molar-refractivity contribution in [3.8, 4) is 0 Å². The second-order valence-corrected chi connectivity index (χ2v) is 6.53. The maximum absolute atomic E-state index is 5.75. The molecule has 0 unspecified atom stereocenters. The van der Waals surface area contributed by atoms with E-state index < -0.39 is 0 Å². The van der Waals surface area contributed by atoms with Crippen LogP contribution < -0.4 is 5.32 Å². The van der Waals surface area contributed by atoms with Crippen molar-refractivity contribution in [3.63, 3.8) is 0 Å². The summed E-state index contributed by atoms with van der Waals surface area (Å²) in [6.45, 7) is 10.4. The number of nitrogens with one attached hydrogen (secondary N) is 1. The summed E-state index contributed by atoms with van der Waals surface area (Å²) < 4.78 is 5.75. The Labute approximate surface area is 115 Å². The van der Waals surface area contributed by atoms with E-state index in [4.69, 9.17) is 4.42 Å². The molecule has 5 nitrogen and oxygen atoms in total. The van der Waals surface area contributed by atoms with Gasteiger partial charge in [0, 0.05) is 5.41 Å². The first-order chi connectivity index (χ1) is 8.99. The summed E-state index contributed by atoms with van der Waals surface area (Å²) in [5.41, 5.74) is -0.0644. The summed E-state index contributed by atoms with van der Waals surface area (Å²) in [6.07, 6.45) is 2.50. The summed E-state index contributed by atoms with van der Waals surface area (Å²) >= 11 is 0. The Balaban J connectivity index is 1.84. The van der Waals surface area contributed by atoms with Crippen molar-refractivity contribution in [1.29, 1.82) is 0 Å². The zero-order valence-electron chi connectivity index (χ0n) is 12.6. The van der Waals surface area contributed by atoms with E-state index in [0.29, 0.717) is 0 Å². The van der Waals surface area contributed by atoms with Gasteiger partial charge < -0.3 is 9.73 Å². The summed E-state index contributed by atoms with van der Waals surface area (Å²) in [4.78, 5) is 2.41. The minimum Gasteiger partial charge on any atom is -0.423 e. The van der Waals surface area contributed by atoms with Gasteiger partial charge >= 0.3 is 0 Å². The molecule has 1 aromatic rings. The number of likely N-dealkylation sites (tertiary alicyclic amines) is 1. The van der Waals surface area contributed by atoms with E-state index in [1.165, 1.54) is 12.8 Å². The van der Waals surface area contributed by atoms with E-state index in [0.717, 1.165) is 43.9 Å². The van der Waals surface area contributed by atoms with Crippen LogP contribution in [0.1, 0.15) is 45.4 Å². The second-order valence-electron chi connectivity index (χ2n) is 6.53. The van der Waals surface area contributed by atoms with Crippen LogP contribution in [0.5, 0.6) is 0 Å². The minimum atomic E-state index is -0.0644. The number of nitrogens with zero attached hydrogens (tertiary/aromatic N) is 3. The van der Waals surface area contributed by atoms with E-state index in [9.17, 15) is 0 Å². The largest absolute Gasteiger partial charge is 0.423 e. The lowest BCUT2D eigenvalue weighted by Gasteiger charge is -2.30. The van der Waals surface area contributed by atoms with Crippen molar-refractivity contribution >= 4 is 0 Å². The Morgan fingerprint density at radius 3 is 2.47 bits per heavy atom. The van der Waals surface area contributed by atoms with Crippen LogP contribution in [0.25, 0.3) is 0 Å². The number of hydrogen-bond donors (Lipinski definition) is 1. The first kappa shape index (κ1) is 14.5. The summed E-state index contributed by atoms with van der Waals surface area (Å²) in [5, 5.41) is 11.6. The molecule has 0 spiro atoms. The molecule has 0 radical (unpaired) electrons. The lowest BCUT2D eigenvalue weighted by atomic mass is 9.97. The second kappa shape index (κ2) is 6.01. The van der Waals surface area contributed by atoms with Crippen LogP contribution in [0.4, 0.5) is 0 Å². The Hall–Kier alpha value is -0.940. The van der Waals surface area contributed by atoms with Gasteiger partial charge in [-0.2, -0.15) is 0 Å². The van der Waals surface area contributed by atoms with Gasteiger partial charge in [-0.25, -0.2) is 0 Å². The number of piperidine rings is 1. The van der Waals surface area contributed by atoms with Crippen molar-refractivity contribution < 1.29 is 4.42 Å². The highest BCUT2D eigenvalue weighted by Gasteiger charge is 2.23. The Kier molecular flexibility index (Phi) is 4.58. The zero-order chi connectivity index (χ0) is 13.9. The van der Waals surface area contributed by atoms with Gasteiger partial charge in [-0.1, -0.05) is 20.8 Å². The summed E-state index contributed by atoms with van der Waals surface area (Å²) in [5.74, 6) is 2.29. The molecule has 0 saturated carbocycles. The molecule has 1 fully saturated rings. The third kappa shape index (κ3) is 4.01. The van der Waals surface area contributed by atoms with Crippen LogP contribution in [0.2, 0.25) is 0 Å². The molecule has 1 N–H and O–H groups in total. The van der Waals surface area contributed by atoms with Crippen molar-refractivity contribution in [2.24, 2.45) is 5.92 Å². The fraction of sp³-hybridized carbons (Fsp3) is 0.857. The topological polar surface area (TPSA) is 54.2 Å². The fourth-order valence-corrected chi connectivity index (χ4v) is 2.45. The van der Waals surface area contributed by atoms with Gasteiger partial charge in [0.05, 0.1) is 6.54 Å². The van der Waals surface area contributed by atoms with Crippen LogP contribution in [-0.2, 0) is 12.0 Å². The first-order valence-electron chi connectivity index (χ1n) is 7.19. The first-order valence-corrected chi connectivity index (χ1v) is 7.19. The molecule has 5 heteroatoms. The molecule has 0 amide bonds. The van der Waals surface area contributed by atoms with Crippen molar-refractivity contribution in [1.82, 2.24) is 20.4 Å². The molecule has 1 aliphatic rings. The van der Waals surface area contributed by atoms with Gasteiger partial charge in [0.15, 0.2) is 0 Å². The number of aromatic nitrogens is 2.